The molecule has 7 nitrogen and oxygen atoms in total. The summed E-state index contributed by atoms with van der Waals surface area (Å²) in [6.07, 6.45) is 1.45. The number of hydrogen-bond acceptors (Lipinski definition) is 6. The zero-order valence-electron chi connectivity index (χ0n) is 16.8. The minimum Gasteiger partial charge on any atom is -0.444 e. The first-order valence-corrected chi connectivity index (χ1v) is 9.56. The van der Waals surface area contributed by atoms with Crippen LogP contribution >= 0.6 is 0 Å². The summed E-state index contributed by atoms with van der Waals surface area (Å²) in [4.78, 5) is 30.8. The highest BCUT2D eigenvalue weighted by molar-refractivity contribution is 5.97. The molecule has 150 valence electrons. The van der Waals surface area contributed by atoms with Crippen molar-refractivity contribution in [3.05, 3.63) is 23.4 Å². The van der Waals surface area contributed by atoms with Crippen LogP contribution in [-0.2, 0) is 9.47 Å². The van der Waals surface area contributed by atoms with E-state index < -0.39 is 11.7 Å². The van der Waals surface area contributed by atoms with Gasteiger partial charge in [-0.3, -0.25) is 4.79 Å². The number of rotatable bonds is 7. The average molecular weight is 377 g/mol. The lowest BCUT2D eigenvalue weighted by Gasteiger charge is -2.28. The van der Waals surface area contributed by atoms with Crippen molar-refractivity contribution in [2.24, 2.45) is 0 Å². The quantitative estimate of drug-likeness (QED) is 0.581. The normalized spacial score (nSPS) is 14.7. The molecule has 1 fully saturated rings. The van der Waals surface area contributed by atoms with Gasteiger partial charge in [0.25, 0.3) is 0 Å². The molecule has 0 aliphatic carbocycles. The molecule has 1 aliphatic rings. The molecule has 0 aromatic carbocycles. The number of aromatic nitrogens is 1. The Kier molecular flexibility index (Phi) is 7.59. The largest absolute Gasteiger partial charge is 0.444 e. The maximum Gasteiger partial charge on any atom is 0.407 e. The molecule has 2 rings (SSSR count). The van der Waals surface area contributed by atoms with Crippen LogP contribution in [0.5, 0.6) is 0 Å². The Morgan fingerprint density at radius 1 is 1.22 bits per heavy atom. The van der Waals surface area contributed by atoms with Crippen LogP contribution in [0.1, 0.15) is 56.1 Å². The van der Waals surface area contributed by atoms with Crippen LogP contribution in [0.4, 0.5) is 10.6 Å². The Bertz CT molecular complexity index is 649. The van der Waals surface area contributed by atoms with Gasteiger partial charge in [-0.1, -0.05) is 0 Å². The van der Waals surface area contributed by atoms with Crippen molar-refractivity contribution in [1.82, 2.24) is 10.3 Å². The molecule has 0 bridgehead atoms. The monoisotopic (exact) mass is 377 g/mol. The highest BCUT2D eigenvalue weighted by atomic mass is 16.6. The summed E-state index contributed by atoms with van der Waals surface area (Å²) in [5.41, 5.74) is 0.931. The predicted octanol–water partition coefficient (Wildman–Crippen LogP) is 3.10. The average Bonchev–Trinajstić information content (AvgIpc) is 2.60. The van der Waals surface area contributed by atoms with Gasteiger partial charge in [-0.15, -0.1) is 0 Å². The lowest BCUT2D eigenvalue weighted by atomic mass is 10.0. The van der Waals surface area contributed by atoms with Crippen molar-refractivity contribution < 1.29 is 19.1 Å². The van der Waals surface area contributed by atoms with Crippen molar-refractivity contribution in [3.63, 3.8) is 0 Å². The number of alkyl carbamates (subject to hydrolysis) is 1. The van der Waals surface area contributed by atoms with E-state index in [4.69, 9.17) is 9.47 Å². The van der Waals surface area contributed by atoms with Crippen LogP contribution in [0.2, 0.25) is 0 Å². The first kappa shape index (κ1) is 21.2. The molecule has 1 N–H and O–H groups in total. The molecule has 0 spiro atoms. The van der Waals surface area contributed by atoms with E-state index in [2.05, 4.69) is 15.2 Å². The second kappa shape index (κ2) is 9.69. The van der Waals surface area contributed by atoms with Crippen molar-refractivity contribution >= 4 is 17.7 Å². The number of pyridine rings is 1. The first-order valence-electron chi connectivity index (χ1n) is 9.56. The molecule has 2 heterocycles. The number of ketones is 1. The summed E-state index contributed by atoms with van der Waals surface area (Å²) in [5, 5.41) is 2.71. The standard InChI is InChI=1S/C20H31N3O4/c1-15-16(8-9-18(22-15)23-11-13-26-14-12-23)17(24)7-5-6-10-21-19(25)27-20(2,3)4/h8-9H,5-7,10-14H2,1-4H3,(H,21,25). The molecule has 0 atom stereocenters. The van der Waals surface area contributed by atoms with E-state index in [9.17, 15) is 9.59 Å². The summed E-state index contributed by atoms with van der Waals surface area (Å²) in [5.74, 6) is 0.986. The molecule has 0 unspecified atom stereocenters. The Hall–Kier alpha value is -2.15. The number of amides is 1. The van der Waals surface area contributed by atoms with Gasteiger partial charge in [-0.2, -0.15) is 0 Å². The molecule has 1 amide bonds. The smallest absolute Gasteiger partial charge is 0.407 e. The molecule has 1 aromatic rings. The second-order valence-electron chi connectivity index (χ2n) is 7.71. The summed E-state index contributed by atoms with van der Waals surface area (Å²) in [6, 6.07) is 3.78. The summed E-state index contributed by atoms with van der Waals surface area (Å²) < 4.78 is 10.5. The van der Waals surface area contributed by atoms with Gasteiger partial charge < -0.3 is 19.7 Å². The van der Waals surface area contributed by atoms with E-state index in [-0.39, 0.29) is 5.78 Å². The van der Waals surface area contributed by atoms with Crippen LogP contribution in [0.3, 0.4) is 0 Å². The molecule has 0 saturated carbocycles. The van der Waals surface area contributed by atoms with Crippen LogP contribution < -0.4 is 10.2 Å². The number of Topliss-reactive ketones (excluding diaryl/α,β-unsaturated/α-hetero) is 1. The van der Waals surface area contributed by atoms with Crippen LogP contribution in [0.15, 0.2) is 12.1 Å². The van der Waals surface area contributed by atoms with E-state index in [1.54, 1.807) is 0 Å². The number of unbranched alkanes of at least 4 members (excludes halogenated alkanes) is 1. The highest BCUT2D eigenvalue weighted by Crippen LogP contribution is 2.18. The Balaban J connectivity index is 1.75. The fraction of sp³-hybridized carbons (Fsp3) is 0.650. The zero-order valence-corrected chi connectivity index (χ0v) is 16.8. The van der Waals surface area contributed by atoms with Gasteiger partial charge in [0.05, 0.1) is 18.9 Å². The molecular weight excluding hydrogens is 346 g/mol. The Morgan fingerprint density at radius 3 is 2.56 bits per heavy atom. The topological polar surface area (TPSA) is 80.8 Å². The van der Waals surface area contributed by atoms with Crippen LogP contribution in [0, 0.1) is 6.92 Å². The third kappa shape index (κ3) is 7.17. The minimum atomic E-state index is -0.502. The first-order chi connectivity index (χ1) is 12.8. The van der Waals surface area contributed by atoms with Gasteiger partial charge >= 0.3 is 6.09 Å². The van der Waals surface area contributed by atoms with Crippen molar-refractivity contribution in [1.29, 1.82) is 0 Å². The van der Waals surface area contributed by atoms with Gasteiger partial charge in [0.1, 0.15) is 11.4 Å². The number of nitrogens with one attached hydrogen (secondary N) is 1. The lowest BCUT2D eigenvalue weighted by Crippen LogP contribution is -2.36. The summed E-state index contributed by atoms with van der Waals surface area (Å²) in [6.45, 7) is 10.9. The SMILES string of the molecule is Cc1nc(N2CCOCC2)ccc1C(=O)CCCCNC(=O)OC(C)(C)C. The van der Waals surface area contributed by atoms with Crippen LogP contribution in [0.25, 0.3) is 0 Å². The number of carbonyl (C=O) groups excluding carboxylic acids is 2. The van der Waals surface area contributed by atoms with Gasteiger partial charge in [-0.25, -0.2) is 9.78 Å². The molecule has 1 aromatic heterocycles. The molecule has 27 heavy (non-hydrogen) atoms. The van der Waals surface area contributed by atoms with Crippen molar-refractivity contribution in [2.75, 3.05) is 37.7 Å². The Morgan fingerprint density at radius 2 is 1.93 bits per heavy atom. The minimum absolute atomic E-state index is 0.0887. The number of hydrogen-bond donors (Lipinski definition) is 1. The third-order valence-corrected chi connectivity index (χ3v) is 4.21. The predicted molar refractivity (Wildman–Crippen MR) is 104 cm³/mol. The number of ether oxygens (including phenoxy) is 2. The molecule has 1 saturated heterocycles. The van der Waals surface area contributed by atoms with Gasteiger partial charge in [0.2, 0.25) is 0 Å². The maximum absolute atomic E-state index is 12.5. The lowest BCUT2D eigenvalue weighted by molar-refractivity contribution is 0.0527. The summed E-state index contributed by atoms with van der Waals surface area (Å²) >= 11 is 0. The molecular formula is C20H31N3O4. The maximum atomic E-state index is 12.5. The van der Waals surface area contributed by atoms with Crippen molar-refractivity contribution in [3.8, 4) is 0 Å². The molecule has 7 heteroatoms. The number of anilines is 1. The van der Waals surface area contributed by atoms with E-state index >= 15 is 0 Å². The summed E-state index contributed by atoms with van der Waals surface area (Å²) in [7, 11) is 0. The highest BCUT2D eigenvalue weighted by Gasteiger charge is 2.17. The number of nitrogens with zero attached hydrogens (tertiary/aromatic N) is 2. The number of carbonyl (C=O) groups is 2. The molecule has 0 radical (unpaired) electrons. The van der Waals surface area contributed by atoms with Gasteiger partial charge in [0.15, 0.2) is 5.78 Å². The fourth-order valence-electron chi connectivity index (χ4n) is 2.86. The van der Waals surface area contributed by atoms with E-state index in [0.29, 0.717) is 38.2 Å². The zero-order chi connectivity index (χ0) is 19.9. The van der Waals surface area contributed by atoms with E-state index in [1.165, 1.54) is 0 Å². The van der Waals surface area contributed by atoms with Crippen molar-refractivity contribution in [2.45, 2.75) is 52.6 Å². The second-order valence-corrected chi connectivity index (χ2v) is 7.71. The van der Waals surface area contributed by atoms with Crippen LogP contribution in [-0.4, -0.2) is 55.3 Å². The van der Waals surface area contributed by atoms with E-state index in [1.807, 2.05) is 39.8 Å². The molecule has 1 aliphatic heterocycles. The third-order valence-electron chi connectivity index (χ3n) is 4.21. The Labute approximate surface area is 161 Å². The van der Waals surface area contributed by atoms with Gasteiger partial charge in [-0.05, 0) is 52.7 Å². The fourth-order valence-corrected chi connectivity index (χ4v) is 2.86. The number of morpholine rings is 1. The number of aryl methyl sites for hydroxylation is 1. The van der Waals surface area contributed by atoms with Gasteiger partial charge in [0, 0.05) is 31.6 Å². The van der Waals surface area contributed by atoms with E-state index in [0.717, 1.165) is 31.0 Å².